The normalized spacial score (nSPS) is 19.8. The van der Waals surface area contributed by atoms with Crippen LogP contribution in [-0.2, 0) is 17.6 Å². The molecule has 1 aliphatic heterocycles. The first-order valence-electron chi connectivity index (χ1n) is 8.47. The fourth-order valence-electron chi connectivity index (χ4n) is 3.18. The first kappa shape index (κ1) is 16.6. The molecule has 3 rings (SSSR count). The summed E-state index contributed by atoms with van der Waals surface area (Å²) in [7, 11) is 0. The predicted molar refractivity (Wildman–Crippen MR) is 90.9 cm³/mol. The summed E-state index contributed by atoms with van der Waals surface area (Å²) in [5.74, 6) is -0.119. The number of aromatic nitrogens is 3. The number of nitrogens with zero attached hydrogens (tertiary/aromatic N) is 2. The van der Waals surface area contributed by atoms with Crippen molar-refractivity contribution in [2.75, 3.05) is 6.54 Å². The second-order valence-corrected chi connectivity index (χ2v) is 6.38. The predicted octanol–water partition coefficient (Wildman–Crippen LogP) is 2.50. The Hall–Kier alpha value is -2.21. The highest BCUT2D eigenvalue weighted by Gasteiger charge is 2.29. The van der Waals surface area contributed by atoms with E-state index in [4.69, 9.17) is 4.74 Å². The highest BCUT2D eigenvalue weighted by atomic mass is 16.5. The number of hydrogen-bond acceptors (Lipinski definition) is 4. The molecule has 2 aromatic heterocycles. The summed E-state index contributed by atoms with van der Waals surface area (Å²) in [5.41, 5.74) is 4.68. The zero-order valence-corrected chi connectivity index (χ0v) is 14.4. The molecule has 2 aromatic rings. The molecule has 0 saturated carbocycles. The summed E-state index contributed by atoms with van der Waals surface area (Å²) < 4.78 is 5.75. The Balaban J connectivity index is 1.56. The van der Waals surface area contributed by atoms with Gasteiger partial charge < -0.3 is 10.1 Å². The molecule has 6 heteroatoms. The molecule has 0 radical (unpaired) electrons. The quantitative estimate of drug-likeness (QED) is 0.827. The monoisotopic (exact) mass is 328 g/mol. The molecule has 0 aliphatic carbocycles. The molecule has 1 aliphatic rings. The van der Waals surface area contributed by atoms with Crippen LogP contribution in [-0.4, -0.2) is 33.7 Å². The van der Waals surface area contributed by atoms with Gasteiger partial charge in [0.15, 0.2) is 5.69 Å². The van der Waals surface area contributed by atoms with Crippen molar-refractivity contribution in [3.63, 3.8) is 0 Å². The van der Waals surface area contributed by atoms with E-state index in [1.807, 2.05) is 19.9 Å². The molecule has 128 valence electrons. The van der Waals surface area contributed by atoms with Crippen LogP contribution in [0.2, 0.25) is 0 Å². The van der Waals surface area contributed by atoms with Gasteiger partial charge in [-0.05, 0) is 45.2 Å². The van der Waals surface area contributed by atoms with Crippen molar-refractivity contribution in [3.05, 3.63) is 46.5 Å². The fourth-order valence-corrected chi connectivity index (χ4v) is 3.18. The van der Waals surface area contributed by atoms with Crippen LogP contribution in [0.25, 0.3) is 0 Å². The van der Waals surface area contributed by atoms with Gasteiger partial charge in [0, 0.05) is 30.4 Å². The van der Waals surface area contributed by atoms with Crippen molar-refractivity contribution in [1.82, 2.24) is 20.5 Å². The second kappa shape index (κ2) is 7.13. The lowest BCUT2D eigenvalue weighted by molar-refractivity contribution is -0.00697. The number of aromatic amines is 1. The average molecular weight is 328 g/mol. The molecule has 3 heterocycles. The van der Waals surface area contributed by atoms with Gasteiger partial charge in [-0.15, -0.1) is 0 Å². The average Bonchev–Trinajstić information content (AvgIpc) is 2.97. The van der Waals surface area contributed by atoms with Gasteiger partial charge in [-0.2, -0.15) is 5.10 Å². The molecule has 2 atom stereocenters. The zero-order chi connectivity index (χ0) is 17.1. The smallest absolute Gasteiger partial charge is 0.272 e. The molecule has 0 fully saturated rings. The molecular weight excluding hydrogens is 304 g/mol. The van der Waals surface area contributed by atoms with Crippen LogP contribution >= 0.6 is 0 Å². The van der Waals surface area contributed by atoms with Gasteiger partial charge in [-0.3, -0.25) is 14.9 Å². The summed E-state index contributed by atoms with van der Waals surface area (Å²) in [5, 5.41) is 10.1. The number of amides is 1. The van der Waals surface area contributed by atoms with Crippen molar-refractivity contribution < 1.29 is 9.53 Å². The van der Waals surface area contributed by atoms with Gasteiger partial charge in [0.2, 0.25) is 0 Å². The lowest BCUT2D eigenvalue weighted by Crippen LogP contribution is -2.28. The first-order chi connectivity index (χ1) is 11.6. The molecule has 24 heavy (non-hydrogen) atoms. The minimum absolute atomic E-state index is 0.0510. The van der Waals surface area contributed by atoms with Crippen LogP contribution in [0.3, 0.4) is 0 Å². The molecule has 0 aromatic carbocycles. The van der Waals surface area contributed by atoms with Gasteiger partial charge >= 0.3 is 0 Å². The van der Waals surface area contributed by atoms with Crippen molar-refractivity contribution in [3.8, 4) is 0 Å². The summed E-state index contributed by atoms with van der Waals surface area (Å²) >= 11 is 0. The van der Waals surface area contributed by atoms with E-state index in [0.717, 1.165) is 29.8 Å². The maximum absolute atomic E-state index is 12.4. The number of pyridine rings is 1. The first-order valence-corrected chi connectivity index (χ1v) is 8.47. The van der Waals surface area contributed by atoms with E-state index in [1.54, 1.807) is 6.20 Å². The Morgan fingerprint density at radius 1 is 1.46 bits per heavy atom. The Kier molecular flexibility index (Phi) is 4.94. The van der Waals surface area contributed by atoms with Crippen molar-refractivity contribution in [1.29, 1.82) is 0 Å². The molecule has 0 saturated heterocycles. The highest BCUT2D eigenvalue weighted by molar-refractivity contribution is 5.94. The van der Waals surface area contributed by atoms with E-state index in [1.165, 1.54) is 5.56 Å². The number of H-pyrrole nitrogens is 1. The van der Waals surface area contributed by atoms with Gasteiger partial charge in [0.25, 0.3) is 5.91 Å². The van der Waals surface area contributed by atoms with Gasteiger partial charge in [-0.1, -0.05) is 6.07 Å². The van der Waals surface area contributed by atoms with Crippen LogP contribution in [0, 0.1) is 6.92 Å². The number of carbonyl (C=O) groups is 1. The Labute approximate surface area is 142 Å². The van der Waals surface area contributed by atoms with E-state index in [-0.39, 0.29) is 18.1 Å². The molecular formula is C18H24N4O2. The van der Waals surface area contributed by atoms with Crippen molar-refractivity contribution >= 4 is 5.91 Å². The Morgan fingerprint density at radius 2 is 2.29 bits per heavy atom. The molecule has 0 spiro atoms. The zero-order valence-electron chi connectivity index (χ0n) is 14.4. The highest BCUT2D eigenvalue weighted by Crippen LogP contribution is 2.29. The van der Waals surface area contributed by atoms with Crippen LogP contribution < -0.4 is 5.32 Å². The second-order valence-electron chi connectivity index (χ2n) is 6.38. The van der Waals surface area contributed by atoms with Gasteiger partial charge in [0.1, 0.15) is 0 Å². The topological polar surface area (TPSA) is 79.9 Å². The van der Waals surface area contributed by atoms with Crippen LogP contribution in [0.5, 0.6) is 0 Å². The van der Waals surface area contributed by atoms with E-state index in [9.17, 15) is 4.79 Å². The molecule has 0 bridgehead atoms. The van der Waals surface area contributed by atoms with Crippen LogP contribution in [0.4, 0.5) is 0 Å². The largest absolute Gasteiger partial charge is 0.369 e. The van der Waals surface area contributed by atoms with Crippen LogP contribution in [0.15, 0.2) is 18.3 Å². The summed E-state index contributed by atoms with van der Waals surface area (Å²) in [6.07, 6.45) is 4.28. The summed E-state index contributed by atoms with van der Waals surface area (Å²) in [4.78, 5) is 16.8. The molecule has 2 N–H and O–H groups in total. The third kappa shape index (κ3) is 3.48. The number of ether oxygens (including phenoxy) is 1. The number of hydrogen-bond donors (Lipinski definition) is 2. The summed E-state index contributed by atoms with van der Waals surface area (Å²) in [6.45, 7) is 6.66. The van der Waals surface area contributed by atoms with E-state index in [2.05, 4.69) is 33.5 Å². The Morgan fingerprint density at radius 3 is 3.08 bits per heavy atom. The lowest BCUT2D eigenvalue weighted by Gasteiger charge is -2.25. The number of nitrogens with one attached hydrogen (secondary N) is 2. The number of fused-ring (bicyclic) bond motifs is 1. The minimum Gasteiger partial charge on any atom is -0.369 e. The molecule has 6 nitrogen and oxygen atoms in total. The maximum atomic E-state index is 12.4. The van der Waals surface area contributed by atoms with Gasteiger partial charge in [0.05, 0.1) is 17.9 Å². The summed E-state index contributed by atoms with van der Waals surface area (Å²) in [6, 6.07) is 3.99. The maximum Gasteiger partial charge on any atom is 0.272 e. The lowest BCUT2D eigenvalue weighted by atomic mass is 9.99. The SMILES string of the molecule is Cc1cccnc1CCCNC(=O)c1n[nH]c2c1C[C@@H](C)O[C@H]2C. The standard InChI is InChI=1S/C18H24N4O2/c1-11-6-4-8-19-15(11)7-5-9-20-18(23)17-14-10-12(2)24-13(3)16(14)21-22-17/h4,6,8,12-13H,5,7,9-10H2,1-3H3,(H,20,23)(H,21,22)/t12-,13+/m1/s1. The number of rotatable bonds is 5. The van der Waals surface area contributed by atoms with Crippen molar-refractivity contribution in [2.24, 2.45) is 0 Å². The third-order valence-electron chi connectivity index (χ3n) is 4.44. The molecule has 1 amide bonds. The number of carbonyl (C=O) groups excluding carboxylic acids is 1. The molecule has 0 unspecified atom stereocenters. The van der Waals surface area contributed by atoms with E-state index >= 15 is 0 Å². The van der Waals surface area contributed by atoms with Crippen LogP contribution in [0.1, 0.15) is 59.4 Å². The minimum atomic E-state index is -0.119. The Bertz CT molecular complexity index is 726. The van der Waals surface area contributed by atoms with Crippen molar-refractivity contribution in [2.45, 2.75) is 52.2 Å². The van der Waals surface area contributed by atoms with E-state index < -0.39 is 0 Å². The third-order valence-corrected chi connectivity index (χ3v) is 4.44. The number of aryl methyl sites for hydroxylation is 2. The van der Waals surface area contributed by atoms with E-state index in [0.29, 0.717) is 18.7 Å². The van der Waals surface area contributed by atoms with Gasteiger partial charge in [-0.25, -0.2) is 0 Å². The fraction of sp³-hybridized carbons (Fsp3) is 0.500.